The lowest BCUT2D eigenvalue weighted by Crippen LogP contribution is -2.33. The van der Waals surface area contributed by atoms with Gasteiger partial charge in [0.15, 0.2) is 0 Å². The summed E-state index contributed by atoms with van der Waals surface area (Å²) in [6.07, 6.45) is 7.30. The van der Waals surface area contributed by atoms with E-state index in [1.807, 2.05) is 0 Å². The highest BCUT2D eigenvalue weighted by atomic mass is 16.5. The highest BCUT2D eigenvalue weighted by Gasteiger charge is 2.13. The first kappa shape index (κ1) is 20.8. The first-order valence-corrected chi connectivity index (χ1v) is 8.77. The van der Waals surface area contributed by atoms with Crippen LogP contribution in [0.4, 0.5) is 0 Å². The van der Waals surface area contributed by atoms with Gasteiger partial charge in [-0.05, 0) is 25.2 Å². The van der Waals surface area contributed by atoms with Crippen LogP contribution < -0.4 is 0 Å². The van der Waals surface area contributed by atoms with E-state index in [2.05, 4.69) is 25.7 Å². The number of aliphatic hydroxyl groups is 2. The second-order valence-corrected chi connectivity index (χ2v) is 5.86. The molecule has 0 spiro atoms. The summed E-state index contributed by atoms with van der Waals surface area (Å²) in [5.41, 5.74) is 0. The summed E-state index contributed by atoms with van der Waals surface area (Å²) in [5.74, 6) is 0.685. The van der Waals surface area contributed by atoms with Gasteiger partial charge >= 0.3 is 0 Å². The van der Waals surface area contributed by atoms with Crippen molar-refractivity contribution in [2.45, 2.75) is 65.4 Å². The van der Waals surface area contributed by atoms with E-state index >= 15 is 0 Å². The van der Waals surface area contributed by atoms with Gasteiger partial charge in [0.1, 0.15) is 0 Å². The number of nitrogens with zero attached hydrogens (tertiary/aromatic N) is 1. The quantitative estimate of drug-likeness (QED) is 0.488. The Morgan fingerprint density at radius 2 is 1.57 bits per heavy atom. The minimum Gasteiger partial charge on any atom is -0.395 e. The highest BCUT2D eigenvalue weighted by molar-refractivity contribution is 4.64. The van der Waals surface area contributed by atoms with Crippen molar-refractivity contribution in [3.05, 3.63) is 0 Å². The van der Waals surface area contributed by atoms with Crippen molar-refractivity contribution in [2.24, 2.45) is 5.92 Å². The summed E-state index contributed by atoms with van der Waals surface area (Å²) in [5, 5.41) is 18.0. The van der Waals surface area contributed by atoms with Crippen molar-refractivity contribution in [1.29, 1.82) is 0 Å². The second-order valence-electron chi connectivity index (χ2n) is 5.86. The molecular formula is C17H37NO3. The molecule has 0 saturated carbocycles. The van der Waals surface area contributed by atoms with Gasteiger partial charge in [-0.1, -0.05) is 40.0 Å². The first-order chi connectivity index (χ1) is 10.2. The largest absolute Gasteiger partial charge is 0.395 e. The van der Waals surface area contributed by atoms with Crippen LogP contribution in [-0.4, -0.2) is 60.7 Å². The molecule has 0 bridgehead atoms. The van der Waals surface area contributed by atoms with Gasteiger partial charge in [0.05, 0.1) is 19.3 Å². The van der Waals surface area contributed by atoms with E-state index in [-0.39, 0.29) is 13.2 Å². The van der Waals surface area contributed by atoms with E-state index in [0.29, 0.717) is 25.1 Å². The fourth-order valence-corrected chi connectivity index (χ4v) is 2.52. The predicted molar refractivity (Wildman–Crippen MR) is 88.6 cm³/mol. The molecule has 0 aliphatic rings. The van der Waals surface area contributed by atoms with Crippen LogP contribution in [0.1, 0.15) is 59.3 Å². The number of rotatable bonds is 15. The fourth-order valence-electron chi connectivity index (χ4n) is 2.52. The summed E-state index contributed by atoms with van der Waals surface area (Å²) in [6, 6.07) is 0. The van der Waals surface area contributed by atoms with Crippen molar-refractivity contribution in [3.8, 4) is 0 Å². The second kappa shape index (κ2) is 14.8. The first-order valence-electron chi connectivity index (χ1n) is 8.77. The molecule has 2 unspecified atom stereocenters. The lowest BCUT2D eigenvalue weighted by molar-refractivity contribution is 0.0116. The Kier molecular flexibility index (Phi) is 14.7. The average Bonchev–Trinajstić information content (AvgIpc) is 2.50. The molecule has 21 heavy (non-hydrogen) atoms. The van der Waals surface area contributed by atoms with Crippen molar-refractivity contribution in [3.63, 3.8) is 0 Å². The Labute approximate surface area is 131 Å². The smallest absolute Gasteiger partial charge is 0.0584 e. The van der Waals surface area contributed by atoms with E-state index in [1.54, 1.807) is 0 Å². The molecule has 0 aromatic rings. The Balaban J connectivity index is 4.01. The average molecular weight is 303 g/mol. The van der Waals surface area contributed by atoms with Crippen LogP contribution in [0.3, 0.4) is 0 Å². The topological polar surface area (TPSA) is 52.9 Å². The van der Waals surface area contributed by atoms with Gasteiger partial charge in [-0.15, -0.1) is 0 Å². The lowest BCUT2D eigenvalue weighted by Gasteiger charge is -2.25. The van der Waals surface area contributed by atoms with Crippen LogP contribution in [0.5, 0.6) is 0 Å². The van der Waals surface area contributed by atoms with Gasteiger partial charge in [0, 0.05) is 26.2 Å². The highest BCUT2D eigenvalue weighted by Crippen LogP contribution is 2.15. The van der Waals surface area contributed by atoms with Crippen LogP contribution in [0.15, 0.2) is 0 Å². The maximum atomic E-state index is 9.02. The third kappa shape index (κ3) is 11.1. The zero-order chi connectivity index (χ0) is 15.9. The number of unbranched alkanes of at least 4 members (excludes halogenated alkanes) is 1. The van der Waals surface area contributed by atoms with Gasteiger partial charge in [0.2, 0.25) is 0 Å². The predicted octanol–water partition coefficient (Wildman–Crippen LogP) is 2.67. The molecule has 0 saturated heterocycles. The fraction of sp³-hybridized carbons (Fsp3) is 1.00. The van der Waals surface area contributed by atoms with Gasteiger partial charge < -0.3 is 14.9 Å². The van der Waals surface area contributed by atoms with Crippen molar-refractivity contribution in [1.82, 2.24) is 4.90 Å². The maximum absolute atomic E-state index is 9.02. The molecule has 0 aromatic carbocycles. The molecule has 2 N–H and O–H groups in total. The molecule has 0 radical (unpaired) electrons. The number of ether oxygens (including phenoxy) is 1. The number of hydrogen-bond donors (Lipinski definition) is 2. The Morgan fingerprint density at radius 1 is 0.905 bits per heavy atom. The third-order valence-electron chi connectivity index (χ3n) is 4.17. The van der Waals surface area contributed by atoms with Crippen LogP contribution >= 0.6 is 0 Å². The SMILES string of the molecule is CCCCC(CC)COC(CC)CCN(CCO)CCO. The summed E-state index contributed by atoms with van der Waals surface area (Å²) in [4.78, 5) is 2.10. The molecule has 0 aliphatic heterocycles. The molecule has 4 heteroatoms. The minimum absolute atomic E-state index is 0.145. The molecule has 4 nitrogen and oxygen atoms in total. The Bertz CT molecular complexity index is 208. The zero-order valence-corrected chi connectivity index (χ0v) is 14.4. The summed E-state index contributed by atoms with van der Waals surface area (Å²) < 4.78 is 6.10. The van der Waals surface area contributed by atoms with E-state index < -0.39 is 0 Å². The van der Waals surface area contributed by atoms with Crippen molar-refractivity contribution < 1.29 is 14.9 Å². The van der Waals surface area contributed by atoms with Gasteiger partial charge in [0.25, 0.3) is 0 Å². The van der Waals surface area contributed by atoms with E-state index in [0.717, 1.165) is 26.0 Å². The zero-order valence-electron chi connectivity index (χ0n) is 14.4. The van der Waals surface area contributed by atoms with Gasteiger partial charge in [-0.25, -0.2) is 0 Å². The molecule has 0 aromatic heterocycles. The minimum atomic E-state index is 0.145. The number of aliphatic hydroxyl groups excluding tert-OH is 2. The molecule has 0 aliphatic carbocycles. The summed E-state index contributed by atoms with van der Waals surface area (Å²) in [6.45, 7) is 9.95. The van der Waals surface area contributed by atoms with Crippen molar-refractivity contribution >= 4 is 0 Å². The molecular weight excluding hydrogens is 266 g/mol. The Hall–Kier alpha value is -0.160. The lowest BCUT2D eigenvalue weighted by atomic mass is 10.0. The molecule has 0 rings (SSSR count). The molecule has 0 amide bonds. The molecule has 0 fully saturated rings. The van der Waals surface area contributed by atoms with Crippen LogP contribution in [0.2, 0.25) is 0 Å². The van der Waals surface area contributed by atoms with E-state index in [4.69, 9.17) is 14.9 Å². The van der Waals surface area contributed by atoms with E-state index in [9.17, 15) is 0 Å². The standard InChI is InChI=1S/C17H37NO3/c1-4-7-8-16(5-2)15-21-17(6-3)9-10-18(11-13-19)12-14-20/h16-17,19-20H,4-15H2,1-3H3. The normalized spacial score (nSPS) is 14.6. The van der Waals surface area contributed by atoms with Gasteiger partial charge in [-0.3, -0.25) is 4.90 Å². The molecule has 0 heterocycles. The Morgan fingerprint density at radius 3 is 2.05 bits per heavy atom. The molecule has 128 valence electrons. The monoisotopic (exact) mass is 303 g/mol. The van der Waals surface area contributed by atoms with Crippen LogP contribution in [-0.2, 0) is 4.74 Å². The van der Waals surface area contributed by atoms with Gasteiger partial charge in [-0.2, -0.15) is 0 Å². The van der Waals surface area contributed by atoms with E-state index in [1.165, 1.54) is 25.7 Å². The number of hydrogen-bond acceptors (Lipinski definition) is 4. The van der Waals surface area contributed by atoms with Crippen molar-refractivity contribution in [2.75, 3.05) is 39.5 Å². The van der Waals surface area contributed by atoms with Crippen LogP contribution in [0, 0.1) is 5.92 Å². The third-order valence-corrected chi connectivity index (χ3v) is 4.17. The summed E-state index contributed by atoms with van der Waals surface area (Å²) >= 11 is 0. The summed E-state index contributed by atoms with van der Waals surface area (Å²) in [7, 11) is 0. The molecule has 2 atom stereocenters. The maximum Gasteiger partial charge on any atom is 0.0584 e. The van der Waals surface area contributed by atoms with Crippen LogP contribution in [0.25, 0.3) is 0 Å².